The maximum Gasteiger partial charge on any atom is 0.414 e. The molecule has 10 heteroatoms. The van der Waals surface area contributed by atoms with E-state index in [1.54, 1.807) is 17.2 Å². The zero-order valence-corrected chi connectivity index (χ0v) is 20.4. The van der Waals surface area contributed by atoms with Crippen molar-refractivity contribution in [2.75, 3.05) is 18.1 Å². The molecule has 1 aliphatic carbocycles. The van der Waals surface area contributed by atoms with Crippen molar-refractivity contribution in [1.82, 2.24) is 15.5 Å². The maximum atomic E-state index is 12.4. The average molecular weight is 493 g/mol. The smallest absolute Gasteiger partial charge is 0.414 e. The highest BCUT2D eigenvalue weighted by Gasteiger charge is 2.48. The van der Waals surface area contributed by atoms with Gasteiger partial charge in [-0.2, -0.15) is 0 Å². The number of rotatable bonds is 7. The molecule has 0 bridgehead atoms. The lowest BCUT2D eigenvalue weighted by Gasteiger charge is -2.23. The summed E-state index contributed by atoms with van der Waals surface area (Å²) in [5.41, 5.74) is 2.42. The Hall–Kier alpha value is -4.08. The van der Waals surface area contributed by atoms with Crippen LogP contribution in [0.2, 0.25) is 0 Å². The number of aromatic nitrogens is 2. The SMILES string of the molecule is CC(C)(C)OC(=O)NC1(c2ccc(-c3ccc(N4CC(COc5ccon5)OC4=O)cc3)cn2)CC1. The molecule has 1 unspecified atom stereocenters. The van der Waals surface area contributed by atoms with Gasteiger partial charge in [0.2, 0.25) is 0 Å². The van der Waals surface area contributed by atoms with Crippen LogP contribution in [0.5, 0.6) is 5.88 Å². The summed E-state index contributed by atoms with van der Waals surface area (Å²) >= 11 is 0. The van der Waals surface area contributed by atoms with Crippen molar-refractivity contribution in [2.24, 2.45) is 0 Å². The standard InChI is InChI=1S/C26H28N4O6/c1-25(2,3)36-23(31)28-26(11-12-26)21-9-6-18(14-27-21)17-4-7-19(8-5-17)30-15-20(35-24(30)32)16-33-22-10-13-34-29-22/h4-10,13-14,20H,11-12,15-16H2,1-3H3,(H,28,31). The summed E-state index contributed by atoms with van der Waals surface area (Å²) in [6.45, 7) is 6.08. The average Bonchev–Trinajstić information content (AvgIpc) is 3.24. The predicted octanol–water partition coefficient (Wildman–Crippen LogP) is 4.65. The van der Waals surface area contributed by atoms with E-state index in [9.17, 15) is 9.59 Å². The molecular formula is C26H28N4O6. The van der Waals surface area contributed by atoms with E-state index in [1.807, 2.05) is 57.2 Å². The molecule has 2 aromatic heterocycles. The largest absolute Gasteiger partial charge is 0.471 e. The van der Waals surface area contributed by atoms with Gasteiger partial charge in [-0.05, 0) is 62.5 Å². The topological polar surface area (TPSA) is 116 Å². The number of nitrogens with one attached hydrogen (secondary N) is 1. The number of pyridine rings is 1. The summed E-state index contributed by atoms with van der Waals surface area (Å²) in [6, 6.07) is 13.1. The van der Waals surface area contributed by atoms with E-state index >= 15 is 0 Å². The number of benzene rings is 1. The third-order valence-electron chi connectivity index (χ3n) is 5.96. The van der Waals surface area contributed by atoms with Gasteiger partial charge in [0.25, 0.3) is 5.88 Å². The summed E-state index contributed by atoms with van der Waals surface area (Å²) in [5.74, 6) is 0.349. The molecule has 1 atom stereocenters. The van der Waals surface area contributed by atoms with Gasteiger partial charge in [-0.1, -0.05) is 18.2 Å². The number of amides is 2. The van der Waals surface area contributed by atoms with Crippen LogP contribution in [0.25, 0.3) is 11.1 Å². The monoisotopic (exact) mass is 492 g/mol. The number of cyclic esters (lactones) is 1. The highest BCUT2D eigenvalue weighted by molar-refractivity contribution is 5.90. The molecule has 36 heavy (non-hydrogen) atoms. The molecular weight excluding hydrogens is 464 g/mol. The fraction of sp³-hybridized carbons (Fsp3) is 0.385. The Kier molecular flexibility index (Phi) is 6.03. The highest BCUT2D eigenvalue weighted by atomic mass is 16.6. The molecule has 0 spiro atoms. The number of nitrogens with zero attached hydrogens (tertiary/aromatic N) is 3. The first kappa shape index (κ1) is 23.7. The maximum absolute atomic E-state index is 12.4. The van der Waals surface area contributed by atoms with E-state index in [0.717, 1.165) is 35.3 Å². The van der Waals surface area contributed by atoms with Crippen molar-refractivity contribution in [3.63, 3.8) is 0 Å². The van der Waals surface area contributed by atoms with Gasteiger partial charge < -0.3 is 24.1 Å². The van der Waals surface area contributed by atoms with Gasteiger partial charge in [-0.15, -0.1) is 0 Å². The zero-order valence-electron chi connectivity index (χ0n) is 20.4. The Labute approximate surface area is 208 Å². The molecule has 1 aliphatic heterocycles. The van der Waals surface area contributed by atoms with E-state index in [2.05, 4.69) is 15.5 Å². The Morgan fingerprint density at radius 3 is 2.50 bits per heavy atom. The van der Waals surface area contributed by atoms with Crippen molar-refractivity contribution in [3.8, 4) is 17.0 Å². The second kappa shape index (κ2) is 9.18. The quantitative estimate of drug-likeness (QED) is 0.507. The lowest BCUT2D eigenvalue weighted by molar-refractivity contribution is 0.0493. The third kappa shape index (κ3) is 5.27. The molecule has 1 N–H and O–H groups in total. The van der Waals surface area contributed by atoms with Crippen LogP contribution in [0.15, 0.2) is 59.4 Å². The van der Waals surface area contributed by atoms with Crippen molar-refractivity contribution >= 4 is 17.9 Å². The first-order chi connectivity index (χ1) is 17.2. The minimum Gasteiger partial charge on any atom is -0.471 e. The van der Waals surface area contributed by atoms with Gasteiger partial charge in [0, 0.05) is 23.5 Å². The van der Waals surface area contributed by atoms with Crippen LogP contribution in [0, 0.1) is 0 Å². The minimum absolute atomic E-state index is 0.190. The van der Waals surface area contributed by atoms with Crippen molar-refractivity contribution in [1.29, 1.82) is 0 Å². The van der Waals surface area contributed by atoms with E-state index in [0.29, 0.717) is 12.4 Å². The molecule has 3 heterocycles. The molecule has 3 aromatic rings. The lowest BCUT2D eigenvalue weighted by Crippen LogP contribution is -2.39. The number of hydrogen-bond donors (Lipinski definition) is 1. The van der Waals surface area contributed by atoms with E-state index in [4.69, 9.17) is 18.7 Å². The molecule has 5 rings (SSSR count). The summed E-state index contributed by atoms with van der Waals surface area (Å²) < 4.78 is 21.0. The first-order valence-corrected chi connectivity index (χ1v) is 11.8. The Bertz CT molecular complexity index is 1210. The molecule has 188 valence electrons. The van der Waals surface area contributed by atoms with Gasteiger partial charge in [0.1, 0.15) is 18.5 Å². The van der Waals surface area contributed by atoms with Crippen LogP contribution >= 0.6 is 0 Å². The summed E-state index contributed by atoms with van der Waals surface area (Å²) in [6.07, 6.45) is 3.59. The molecule has 1 aromatic carbocycles. The van der Waals surface area contributed by atoms with Gasteiger partial charge in [-0.3, -0.25) is 9.88 Å². The summed E-state index contributed by atoms with van der Waals surface area (Å²) in [7, 11) is 0. The van der Waals surface area contributed by atoms with Crippen LogP contribution in [-0.4, -0.2) is 47.2 Å². The van der Waals surface area contributed by atoms with Crippen LogP contribution in [0.3, 0.4) is 0 Å². The summed E-state index contributed by atoms with van der Waals surface area (Å²) in [5, 5.41) is 6.65. The number of ether oxygens (including phenoxy) is 3. The first-order valence-electron chi connectivity index (χ1n) is 11.8. The molecule has 10 nitrogen and oxygen atoms in total. The normalized spacial score (nSPS) is 18.5. The van der Waals surface area contributed by atoms with Gasteiger partial charge in [0.05, 0.1) is 17.8 Å². The third-order valence-corrected chi connectivity index (χ3v) is 5.96. The molecule has 2 fully saturated rings. The van der Waals surface area contributed by atoms with Gasteiger partial charge >= 0.3 is 12.2 Å². The Balaban J connectivity index is 1.20. The van der Waals surface area contributed by atoms with Gasteiger partial charge in [0.15, 0.2) is 6.10 Å². The number of carbonyl (C=O) groups is 2. The molecule has 1 saturated carbocycles. The number of alkyl carbamates (subject to hydrolysis) is 1. The fourth-order valence-electron chi connectivity index (χ4n) is 4.02. The minimum atomic E-state index is -0.554. The van der Waals surface area contributed by atoms with Crippen molar-refractivity contribution in [2.45, 2.75) is 50.9 Å². The Morgan fingerprint density at radius 2 is 1.89 bits per heavy atom. The lowest BCUT2D eigenvalue weighted by atomic mass is 10.0. The second-order valence-corrected chi connectivity index (χ2v) is 9.95. The van der Waals surface area contributed by atoms with Gasteiger partial charge in [-0.25, -0.2) is 9.59 Å². The Morgan fingerprint density at radius 1 is 1.14 bits per heavy atom. The molecule has 1 saturated heterocycles. The molecule has 2 aliphatic rings. The van der Waals surface area contributed by atoms with Crippen LogP contribution in [-0.2, 0) is 15.0 Å². The highest BCUT2D eigenvalue weighted by Crippen LogP contribution is 2.45. The number of anilines is 1. The zero-order chi connectivity index (χ0) is 25.3. The van der Waals surface area contributed by atoms with E-state index in [-0.39, 0.29) is 6.61 Å². The van der Waals surface area contributed by atoms with Crippen molar-refractivity contribution in [3.05, 3.63) is 60.6 Å². The summed E-state index contributed by atoms with van der Waals surface area (Å²) in [4.78, 5) is 30.8. The number of carbonyl (C=O) groups excluding carboxylic acids is 2. The molecule has 2 amide bonds. The van der Waals surface area contributed by atoms with Crippen molar-refractivity contribution < 1.29 is 28.3 Å². The van der Waals surface area contributed by atoms with Crippen LogP contribution in [0.1, 0.15) is 39.3 Å². The van der Waals surface area contributed by atoms with E-state index in [1.165, 1.54) is 6.26 Å². The fourth-order valence-corrected chi connectivity index (χ4v) is 4.02. The van der Waals surface area contributed by atoms with E-state index < -0.39 is 29.4 Å². The predicted molar refractivity (Wildman–Crippen MR) is 130 cm³/mol. The molecule has 0 radical (unpaired) electrons. The van der Waals surface area contributed by atoms with Crippen LogP contribution in [0.4, 0.5) is 15.3 Å². The second-order valence-electron chi connectivity index (χ2n) is 9.95. The van der Waals surface area contributed by atoms with Crippen LogP contribution < -0.4 is 15.0 Å². The number of hydrogen-bond acceptors (Lipinski definition) is 8.